The molecule has 0 radical (unpaired) electrons. The predicted octanol–water partition coefficient (Wildman–Crippen LogP) is 3.04. The van der Waals surface area contributed by atoms with Gasteiger partial charge < -0.3 is 9.80 Å². The number of ketones is 1. The number of carbonyl (C=O) groups excluding carboxylic acids is 1. The van der Waals surface area contributed by atoms with Crippen molar-refractivity contribution in [1.29, 1.82) is 0 Å². The predicted molar refractivity (Wildman–Crippen MR) is 83.0 cm³/mol. The highest BCUT2D eigenvalue weighted by Crippen LogP contribution is 2.27. The van der Waals surface area contributed by atoms with Crippen molar-refractivity contribution < 1.29 is 4.79 Å². The molecule has 0 saturated carbocycles. The Hall–Kier alpha value is -0.870. The molecule has 1 atom stereocenters. The fourth-order valence-corrected chi connectivity index (χ4v) is 3.13. The van der Waals surface area contributed by atoms with Gasteiger partial charge in [0.1, 0.15) is 0 Å². The Balaban J connectivity index is 2.15. The summed E-state index contributed by atoms with van der Waals surface area (Å²) in [5.74, 6) is 0.812. The lowest BCUT2D eigenvalue weighted by atomic mass is 10.1. The van der Waals surface area contributed by atoms with Gasteiger partial charge in [0.25, 0.3) is 0 Å². The van der Waals surface area contributed by atoms with Gasteiger partial charge in [-0.05, 0) is 51.1 Å². The Bertz CT molecular complexity index is 475. The molecule has 2 rings (SSSR count). The summed E-state index contributed by atoms with van der Waals surface area (Å²) >= 11 is 3.49. The summed E-state index contributed by atoms with van der Waals surface area (Å²) in [5, 5.41) is 0. The van der Waals surface area contributed by atoms with Crippen molar-refractivity contribution in [3.05, 3.63) is 28.2 Å². The molecule has 0 bridgehead atoms. The first-order valence-electron chi connectivity index (χ1n) is 6.67. The van der Waals surface area contributed by atoms with Gasteiger partial charge in [-0.25, -0.2) is 0 Å². The highest BCUT2D eigenvalue weighted by molar-refractivity contribution is 9.10. The number of anilines is 1. The third-order valence-electron chi connectivity index (χ3n) is 3.77. The molecule has 1 aliphatic heterocycles. The van der Waals surface area contributed by atoms with Crippen LogP contribution in [0, 0.1) is 5.92 Å². The molecular weight excluding hydrogens is 304 g/mol. The highest BCUT2D eigenvalue weighted by Gasteiger charge is 2.22. The monoisotopic (exact) mass is 324 g/mol. The SMILES string of the molecule is CC(=O)c1ccc(Br)cc1N(C)CC1CCN(C)C1. The van der Waals surface area contributed by atoms with E-state index in [4.69, 9.17) is 0 Å². The van der Waals surface area contributed by atoms with E-state index in [2.05, 4.69) is 39.8 Å². The number of rotatable bonds is 4. The molecule has 0 amide bonds. The topological polar surface area (TPSA) is 23.6 Å². The fraction of sp³-hybridized carbons (Fsp3) is 0.533. The number of halogens is 1. The summed E-state index contributed by atoms with van der Waals surface area (Å²) in [6, 6.07) is 5.87. The molecule has 3 nitrogen and oxygen atoms in total. The molecule has 0 aromatic heterocycles. The molecule has 104 valence electrons. The maximum absolute atomic E-state index is 11.7. The number of benzene rings is 1. The number of carbonyl (C=O) groups is 1. The van der Waals surface area contributed by atoms with Gasteiger partial charge in [-0.1, -0.05) is 15.9 Å². The molecule has 1 heterocycles. The van der Waals surface area contributed by atoms with Crippen LogP contribution >= 0.6 is 15.9 Å². The van der Waals surface area contributed by atoms with Gasteiger partial charge in [-0.3, -0.25) is 4.79 Å². The van der Waals surface area contributed by atoms with Crippen molar-refractivity contribution in [1.82, 2.24) is 4.90 Å². The summed E-state index contributed by atoms with van der Waals surface area (Å²) in [5.41, 5.74) is 1.83. The van der Waals surface area contributed by atoms with Crippen LogP contribution in [0.3, 0.4) is 0 Å². The van der Waals surface area contributed by atoms with Crippen LogP contribution < -0.4 is 4.90 Å². The van der Waals surface area contributed by atoms with E-state index in [1.165, 1.54) is 13.0 Å². The number of Topliss-reactive ketones (excluding diaryl/α,β-unsaturated/α-hetero) is 1. The quantitative estimate of drug-likeness (QED) is 0.795. The number of hydrogen-bond donors (Lipinski definition) is 0. The molecule has 19 heavy (non-hydrogen) atoms. The third kappa shape index (κ3) is 3.57. The van der Waals surface area contributed by atoms with E-state index in [0.717, 1.165) is 28.8 Å². The maximum atomic E-state index is 11.7. The number of likely N-dealkylation sites (tertiary alicyclic amines) is 1. The first-order chi connectivity index (χ1) is 8.97. The van der Waals surface area contributed by atoms with Crippen molar-refractivity contribution in [3.8, 4) is 0 Å². The number of hydrogen-bond acceptors (Lipinski definition) is 3. The molecule has 1 aliphatic rings. The van der Waals surface area contributed by atoms with Crippen LogP contribution in [0.2, 0.25) is 0 Å². The summed E-state index contributed by atoms with van der Waals surface area (Å²) in [6.45, 7) is 4.95. The minimum Gasteiger partial charge on any atom is -0.374 e. The van der Waals surface area contributed by atoms with Gasteiger partial charge in [0, 0.05) is 35.9 Å². The summed E-state index contributed by atoms with van der Waals surface area (Å²) in [6.07, 6.45) is 1.24. The zero-order valence-electron chi connectivity index (χ0n) is 11.8. The second-order valence-corrected chi connectivity index (χ2v) is 6.43. The van der Waals surface area contributed by atoms with Gasteiger partial charge in [-0.2, -0.15) is 0 Å². The normalized spacial score (nSPS) is 19.7. The van der Waals surface area contributed by atoms with Crippen LogP contribution in [0.4, 0.5) is 5.69 Å². The van der Waals surface area contributed by atoms with E-state index in [1.807, 2.05) is 18.2 Å². The van der Waals surface area contributed by atoms with Gasteiger partial charge in [0.15, 0.2) is 5.78 Å². The second kappa shape index (κ2) is 6.06. The van der Waals surface area contributed by atoms with E-state index in [9.17, 15) is 4.79 Å². The van der Waals surface area contributed by atoms with Crippen molar-refractivity contribution in [2.45, 2.75) is 13.3 Å². The molecule has 0 spiro atoms. The Labute approximate surface area is 123 Å². The Morgan fingerprint density at radius 2 is 2.26 bits per heavy atom. The second-order valence-electron chi connectivity index (χ2n) is 5.52. The standard InChI is InChI=1S/C15H21BrN2O/c1-11(19)14-5-4-13(16)8-15(14)18(3)10-12-6-7-17(2)9-12/h4-5,8,12H,6-7,9-10H2,1-3H3. The van der Waals surface area contributed by atoms with Gasteiger partial charge in [0.05, 0.1) is 0 Å². The minimum absolute atomic E-state index is 0.123. The zero-order valence-corrected chi connectivity index (χ0v) is 13.4. The fourth-order valence-electron chi connectivity index (χ4n) is 2.78. The third-order valence-corrected chi connectivity index (χ3v) is 4.26. The lowest BCUT2D eigenvalue weighted by Gasteiger charge is -2.25. The molecule has 4 heteroatoms. The van der Waals surface area contributed by atoms with E-state index in [0.29, 0.717) is 5.92 Å². The van der Waals surface area contributed by atoms with Crippen LogP contribution in [0.5, 0.6) is 0 Å². The first-order valence-corrected chi connectivity index (χ1v) is 7.47. The minimum atomic E-state index is 0.123. The Kier molecular flexibility index (Phi) is 4.63. The van der Waals surface area contributed by atoms with Crippen molar-refractivity contribution >= 4 is 27.4 Å². The highest BCUT2D eigenvalue weighted by atomic mass is 79.9. The van der Waals surface area contributed by atoms with Crippen molar-refractivity contribution in [2.24, 2.45) is 5.92 Å². The molecule has 0 aliphatic carbocycles. The lowest BCUT2D eigenvalue weighted by Crippen LogP contribution is -2.28. The number of nitrogens with zero attached hydrogens (tertiary/aromatic N) is 2. The zero-order chi connectivity index (χ0) is 14.0. The molecule has 0 N–H and O–H groups in total. The smallest absolute Gasteiger partial charge is 0.161 e. The van der Waals surface area contributed by atoms with Crippen LogP contribution in [0.1, 0.15) is 23.7 Å². The summed E-state index contributed by atoms with van der Waals surface area (Å²) in [4.78, 5) is 16.3. The average Bonchev–Trinajstić information content (AvgIpc) is 2.74. The van der Waals surface area contributed by atoms with E-state index in [1.54, 1.807) is 6.92 Å². The summed E-state index contributed by atoms with van der Waals surface area (Å²) < 4.78 is 1.02. The molecule has 1 saturated heterocycles. The van der Waals surface area contributed by atoms with Gasteiger partial charge in [-0.15, -0.1) is 0 Å². The van der Waals surface area contributed by atoms with Crippen LogP contribution in [0.25, 0.3) is 0 Å². The van der Waals surface area contributed by atoms with Gasteiger partial charge >= 0.3 is 0 Å². The lowest BCUT2D eigenvalue weighted by molar-refractivity contribution is 0.101. The Morgan fingerprint density at radius 1 is 1.53 bits per heavy atom. The van der Waals surface area contributed by atoms with E-state index in [-0.39, 0.29) is 5.78 Å². The van der Waals surface area contributed by atoms with E-state index >= 15 is 0 Å². The van der Waals surface area contributed by atoms with Crippen LogP contribution in [-0.2, 0) is 0 Å². The maximum Gasteiger partial charge on any atom is 0.161 e. The summed E-state index contributed by atoms with van der Waals surface area (Å²) in [7, 11) is 4.24. The molecule has 1 unspecified atom stereocenters. The van der Waals surface area contributed by atoms with Crippen molar-refractivity contribution in [3.63, 3.8) is 0 Å². The Morgan fingerprint density at radius 3 is 2.84 bits per heavy atom. The van der Waals surface area contributed by atoms with E-state index < -0.39 is 0 Å². The van der Waals surface area contributed by atoms with Crippen LogP contribution in [0.15, 0.2) is 22.7 Å². The largest absolute Gasteiger partial charge is 0.374 e. The average molecular weight is 325 g/mol. The van der Waals surface area contributed by atoms with Crippen molar-refractivity contribution in [2.75, 3.05) is 38.6 Å². The first kappa shape index (κ1) is 14.5. The van der Waals surface area contributed by atoms with Gasteiger partial charge in [0.2, 0.25) is 0 Å². The molecule has 1 aromatic carbocycles. The molecule has 1 fully saturated rings. The molecule has 1 aromatic rings. The molecular formula is C15H21BrN2O. The van der Waals surface area contributed by atoms with Crippen LogP contribution in [-0.4, -0.2) is 44.4 Å².